The maximum atomic E-state index is 14.1. The van der Waals surface area contributed by atoms with Crippen molar-refractivity contribution in [2.24, 2.45) is 10.9 Å². The van der Waals surface area contributed by atoms with Crippen molar-refractivity contribution in [3.05, 3.63) is 79.7 Å². The summed E-state index contributed by atoms with van der Waals surface area (Å²) in [6.45, 7) is 5.54. The summed E-state index contributed by atoms with van der Waals surface area (Å²) in [6.07, 6.45) is 2.36. The van der Waals surface area contributed by atoms with Crippen LogP contribution in [-0.4, -0.2) is 59.5 Å². The van der Waals surface area contributed by atoms with Crippen LogP contribution in [0.5, 0.6) is 0 Å². The number of thioether (sulfide) groups is 2. The molecule has 1 amide bonds. The van der Waals surface area contributed by atoms with Crippen LogP contribution >= 0.6 is 23.5 Å². The second kappa shape index (κ2) is 10.2. The van der Waals surface area contributed by atoms with E-state index >= 15 is 0 Å². The quantitative estimate of drug-likeness (QED) is 0.191. The Balaban J connectivity index is 1.41. The number of hydrogen-bond donors (Lipinski definition) is 1. The number of rotatable bonds is 7. The van der Waals surface area contributed by atoms with Crippen molar-refractivity contribution in [1.29, 1.82) is 0 Å². The molecule has 3 heterocycles. The zero-order valence-corrected chi connectivity index (χ0v) is 24.6. The Labute approximate surface area is 242 Å². The zero-order chi connectivity index (χ0) is 28.2. The van der Waals surface area contributed by atoms with Gasteiger partial charge < -0.3 is 10.1 Å². The Morgan fingerprint density at radius 2 is 1.90 bits per heavy atom. The van der Waals surface area contributed by atoms with Gasteiger partial charge >= 0.3 is 5.97 Å². The fourth-order valence-corrected chi connectivity index (χ4v) is 8.58. The molecule has 0 radical (unpaired) electrons. The Kier molecular flexibility index (Phi) is 6.88. The number of ether oxygens (including phenoxy) is 1. The van der Waals surface area contributed by atoms with Crippen LogP contribution in [0.3, 0.4) is 0 Å². The van der Waals surface area contributed by atoms with Crippen LogP contribution < -0.4 is 5.32 Å². The van der Waals surface area contributed by atoms with Crippen LogP contribution in [0.25, 0.3) is 0 Å². The summed E-state index contributed by atoms with van der Waals surface area (Å²) in [5.74, 6) is 0.0837. The maximum absolute atomic E-state index is 14.1. The maximum Gasteiger partial charge on any atom is 0.337 e. The zero-order valence-electron chi connectivity index (χ0n) is 22.9. The molecule has 2 saturated heterocycles. The van der Waals surface area contributed by atoms with Gasteiger partial charge in [-0.05, 0) is 86.1 Å². The monoisotopic (exact) mass is 575 g/mol. The van der Waals surface area contributed by atoms with Crippen LogP contribution in [0, 0.1) is 5.92 Å². The molecular formula is C30H31N4O4S2+. The average Bonchev–Trinajstić information content (AvgIpc) is 3.47. The van der Waals surface area contributed by atoms with E-state index in [4.69, 9.17) is 9.73 Å². The molecule has 40 heavy (non-hydrogen) atoms. The number of esters is 1. The number of allylic oxidation sites excluding steroid dienone is 2. The third kappa shape index (κ3) is 4.48. The number of piperidine rings is 1. The Hall–Kier alpha value is -3.34. The smallest absolute Gasteiger partial charge is 0.337 e. The van der Waals surface area contributed by atoms with Gasteiger partial charge in [0.2, 0.25) is 0 Å². The van der Waals surface area contributed by atoms with Gasteiger partial charge in [-0.25, -0.2) is 9.79 Å². The average molecular weight is 576 g/mol. The summed E-state index contributed by atoms with van der Waals surface area (Å²) < 4.78 is 5.56. The topological polar surface area (TPSA) is 88.1 Å². The lowest BCUT2D eigenvalue weighted by Gasteiger charge is -2.36. The highest BCUT2D eigenvalue weighted by Gasteiger charge is 2.63. The standard InChI is InChI=1S/C30H30N4O4S2/c1-5-31-22-13-12-20(17(2)35)15-23(22)32-30-33(16-18-8-10-19(11-9-18)29(37)38-4)27(36)26(40-30)28-34(3)14-6-7-21-24(34)25(21)39-28/h8-13,15,21H,5-7,14,16H2,1-4H3/p+1. The van der Waals surface area contributed by atoms with Gasteiger partial charge in [0.15, 0.2) is 16.0 Å². The SMILES string of the molecule is CCNc1ccc(C(C)=O)cc1N=C1SC(=C2SC3=C4C3CCC[N+]24C)C(=O)N1Cc1ccc(C(=O)OC)cc1. The van der Waals surface area contributed by atoms with E-state index in [0.29, 0.717) is 41.0 Å². The molecule has 0 saturated carbocycles. The van der Waals surface area contributed by atoms with Gasteiger partial charge in [-0.2, -0.15) is 0 Å². The van der Waals surface area contributed by atoms with Crippen molar-refractivity contribution in [1.82, 2.24) is 4.90 Å². The number of anilines is 1. The molecule has 2 aromatic carbocycles. The molecular weight excluding hydrogens is 544 g/mol. The molecule has 6 rings (SSSR count). The summed E-state index contributed by atoms with van der Waals surface area (Å²) in [4.78, 5) is 47.1. The van der Waals surface area contributed by atoms with E-state index < -0.39 is 5.97 Å². The van der Waals surface area contributed by atoms with Gasteiger partial charge in [0.05, 0.1) is 55.0 Å². The van der Waals surface area contributed by atoms with Crippen LogP contribution in [0.2, 0.25) is 0 Å². The number of nitrogens with one attached hydrogen (secondary N) is 1. The number of quaternary nitrogens is 1. The van der Waals surface area contributed by atoms with Crippen molar-refractivity contribution in [2.45, 2.75) is 33.2 Å². The molecule has 0 bridgehead atoms. The normalized spacial score (nSPS) is 25.9. The minimum absolute atomic E-state index is 0.0438. The number of ketones is 1. The van der Waals surface area contributed by atoms with Crippen molar-refractivity contribution < 1.29 is 23.6 Å². The first-order valence-corrected chi connectivity index (χ1v) is 15.1. The molecule has 1 aliphatic carbocycles. The lowest BCUT2D eigenvalue weighted by Crippen LogP contribution is -2.43. The molecule has 2 atom stereocenters. The number of methoxy groups -OCH3 is 1. The number of amidine groups is 1. The molecule has 0 aromatic heterocycles. The van der Waals surface area contributed by atoms with Gasteiger partial charge in [-0.3, -0.25) is 19.0 Å². The summed E-state index contributed by atoms with van der Waals surface area (Å²) >= 11 is 3.19. The number of amides is 1. The van der Waals surface area contributed by atoms with E-state index in [-0.39, 0.29) is 11.7 Å². The van der Waals surface area contributed by atoms with E-state index in [2.05, 4.69) is 12.4 Å². The lowest BCUT2D eigenvalue weighted by molar-refractivity contribution is -0.826. The van der Waals surface area contributed by atoms with Crippen LogP contribution in [-0.2, 0) is 16.1 Å². The van der Waals surface area contributed by atoms with E-state index in [0.717, 1.165) is 38.6 Å². The number of hydrogen-bond acceptors (Lipinski definition) is 8. The highest BCUT2D eigenvalue weighted by molar-refractivity contribution is 8.19. The predicted molar refractivity (Wildman–Crippen MR) is 159 cm³/mol. The van der Waals surface area contributed by atoms with E-state index in [1.54, 1.807) is 40.9 Å². The number of fused-ring (bicyclic) bond motifs is 1. The van der Waals surface area contributed by atoms with E-state index in [1.807, 2.05) is 25.1 Å². The highest BCUT2D eigenvalue weighted by atomic mass is 32.2. The van der Waals surface area contributed by atoms with E-state index in [9.17, 15) is 14.4 Å². The Bertz CT molecular complexity index is 1550. The van der Waals surface area contributed by atoms with Crippen molar-refractivity contribution >= 4 is 57.7 Å². The van der Waals surface area contributed by atoms with Crippen LogP contribution in [0.15, 0.2) is 68.0 Å². The number of aliphatic imine (C=N–C) groups is 1. The molecule has 10 heteroatoms. The minimum Gasteiger partial charge on any atom is -0.465 e. The molecule has 2 unspecified atom stereocenters. The Morgan fingerprint density at radius 3 is 2.60 bits per heavy atom. The summed E-state index contributed by atoms with van der Waals surface area (Å²) in [5, 5.41) is 4.99. The van der Waals surface area contributed by atoms with Crippen LogP contribution in [0.1, 0.15) is 53.0 Å². The third-order valence-corrected chi connectivity index (χ3v) is 10.6. The summed E-state index contributed by atoms with van der Waals surface area (Å²) in [6, 6.07) is 12.5. The van der Waals surface area contributed by atoms with E-state index in [1.165, 1.54) is 42.8 Å². The predicted octanol–water partition coefficient (Wildman–Crippen LogP) is 5.87. The van der Waals surface area contributed by atoms with Gasteiger partial charge in [0.25, 0.3) is 5.91 Å². The molecule has 3 aliphatic heterocycles. The minimum atomic E-state index is -0.404. The first-order chi connectivity index (χ1) is 19.2. The number of nitrogens with zero attached hydrogens (tertiary/aromatic N) is 3. The largest absolute Gasteiger partial charge is 0.465 e. The molecule has 2 fully saturated rings. The molecule has 0 spiro atoms. The number of carbonyl (C=O) groups is 3. The van der Waals surface area contributed by atoms with Crippen molar-refractivity contribution in [3.8, 4) is 0 Å². The second-order valence-electron chi connectivity index (χ2n) is 10.5. The van der Waals surface area contributed by atoms with Gasteiger partial charge in [-0.1, -0.05) is 12.1 Å². The number of benzene rings is 2. The Morgan fingerprint density at radius 1 is 1.15 bits per heavy atom. The lowest BCUT2D eigenvalue weighted by atomic mass is 10.1. The van der Waals surface area contributed by atoms with Gasteiger partial charge in [-0.15, -0.1) is 0 Å². The van der Waals surface area contributed by atoms with Gasteiger partial charge in [0, 0.05) is 12.1 Å². The third-order valence-electron chi connectivity index (χ3n) is 7.86. The van der Waals surface area contributed by atoms with Crippen LogP contribution in [0.4, 0.5) is 11.4 Å². The second-order valence-corrected chi connectivity index (χ2v) is 12.5. The summed E-state index contributed by atoms with van der Waals surface area (Å²) in [7, 11) is 3.58. The van der Waals surface area contributed by atoms with Crippen molar-refractivity contribution in [3.63, 3.8) is 0 Å². The highest BCUT2D eigenvalue weighted by Crippen LogP contribution is 2.68. The first-order valence-electron chi connectivity index (χ1n) is 13.4. The number of Topliss-reactive ketones (excluding diaryl/α,β-unsaturated/α-hetero) is 1. The molecule has 4 aliphatic rings. The first kappa shape index (κ1) is 26.9. The number of carbonyl (C=O) groups excluding carboxylic acids is 3. The molecule has 2 aromatic rings. The fraction of sp³-hybridized carbons (Fsp3) is 0.333. The van der Waals surface area contributed by atoms with Gasteiger partial charge in [0.1, 0.15) is 10.6 Å². The molecule has 206 valence electrons. The fourth-order valence-electron chi connectivity index (χ4n) is 5.72. The summed E-state index contributed by atoms with van der Waals surface area (Å²) in [5.41, 5.74) is 4.79. The molecule has 8 nitrogen and oxygen atoms in total. The molecule has 1 N–H and O–H groups in total. The van der Waals surface area contributed by atoms with Crippen molar-refractivity contribution in [2.75, 3.05) is 32.6 Å².